The molecule has 0 spiro atoms. The van der Waals surface area contributed by atoms with Gasteiger partial charge in [0.05, 0.1) is 0 Å². The average molecular weight is 263 g/mol. The van der Waals surface area contributed by atoms with Crippen LogP contribution in [0.1, 0.15) is 40.0 Å². The van der Waals surface area contributed by atoms with Gasteiger partial charge in [-0.1, -0.05) is 20.8 Å². The standard InChI is InChI=1S/C13H26N2O.ClH/c1-5-13(6-2)7-8-15(10-13)12(16)11(3)9-14-4;/h11,14H,5-10H2,1-4H3;1H. The Morgan fingerprint density at radius 2 is 2.00 bits per heavy atom. The Labute approximate surface area is 112 Å². The van der Waals surface area contributed by atoms with Crippen molar-refractivity contribution >= 4 is 18.3 Å². The van der Waals surface area contributed by atoms with Crippen LogP contribution in [0.3, 0.4) is 0 Å². The van der Waals surface area contributed by atoms with Gasteiger partial charge in [0.25, 0.3) is 0 Å². The highest BCUT2D eigenvalue weighted by atomic mass is 35.5. The molecule has 1 unspecified atom stereocenters. The summed E-state index contributed by atoms with van der Waals surface area (Å²) in [5.41, 5.74) is 0.398. The van der Waals surface area contributed by atoms with E-state index in [1.165, 1.54) is 19.3 Å². The summed E-state index contributed by atoms with van der Waals surface area (Å²) in [5, 5.41) is 3.07. The molecule has 0 radical (unpaired) electrons. The molecule has 1 N–H and O–H groups in total. The zero-order valence-electron chi connectivity index (χ0n) is 11.6. The maximum absolute atomic E-state index is 12.1. The van der Waals surface area contributed by atoms with E-state index in [0.29, 0.717) is 11.3 Å². The Morgan fingerprint density at radius 3 is 2.41 bits per heavy atom. The number of likely N-dealkylation sites (tertiary alicyclic amines) is 1. The number of hydrogen-bond donors (Lipinski definition) is 1. The molecular weight excluding hydrogens is 236 g/mol. The number of rotatable bonds is 5. The lowest BCUT2D eigenvalue weighted by atomic mass is 9.82. The van der Waals surface area contributed by atoms with E-state index < -0.39 is 0 Å². The molecule has 0 aromatic rings. The summed E-state index contributed by atoms with van der Waals surface area (Å²) >= 11 is 0. The molecule has 0 bridgehead atoms. The summed E-state index contributed by atoms with van der Waals surface area (Å²) in [6.45, 7) is 9.20. The van der Waals surface area contributed by atoms with Gasteiger partial charge in [-0.15, -0.1) is 12.4 Å². The molecule has 1 aliphatic heterocycles. The van der Waals surface area contributed by atoms with Crippen molar-refractivity contribution in [2.45, 2.75) is 40.0 Å². The fourth-order valence-corrected chi connectivity index (χ4v) is 2.66. The van der Waals surface area contributed by atoms with Gasteiger partial charge in [-0.25, -0.2) is 0 Å². The second kappa shape index (κ2) is 7.22. The average Bonchev–Trinajstić information content (AvgIpc) is 2.73. The van der Waals surface area contributed by atoms with Gasteiger partial charge in [-0.2, -0.15) is 0 Å². The van der Waals surface area contributed by atoms with E-state index in [1.54, 1.807) is 0 Å². The quantitative estimate of drug-likeness (QED) is 0.825. The first kappa shape index (κ1) is 16.7. The predicted molar refractivity (Wildman–Crippen MR) is 74.6 cm³/mol. The summed E-state index contributed by atoms with van der Waals surface area (Å²) in [5.74, 6) is 0.424. The van der Waals surface area contributed by atoms with Crippen LogP contribution in [0.15, 0.2) is 0 Å². The van der Waals surface area contributed by atoms with Gasteiger partial charge in [0.1, 0.15) is 0 Å². The van der Waals surface area contributed by atoms with Crippen LogP contribution in [0.2, 0.25) is 0 Å². The lowest BCUT2D eigenvalue weighted by Gasteiger charge is -2.27. The zero-order valence-corrected chi connectivity index (χ0v) is 12.4. The summed E-state index contributed by atoms with van der Waals surface area (Å²) in [7, 11) is 1.90. The normalized spacial score (nSPS) is 19.9. The van der Waals surface area contributed by atoms with E-state index in [0.717, 1.165) is 19.6 Å². The Balaban J connectivity index is 0.00000256. The zero-order chi connectivity index (χ0) is 12.2. The van der Waals surface area contributed by atoms with Crippen molar-refractivity contribution in [3.8, 4) is 0 Å². The molecule has 1 saturated heterocycles. The lowest BCUT2D eigenvalue weighted by molar-refractivity contribution is -0.134. The fourth-order valence-electron chi connectivity index (χ4n) is 2.66. The van der Waals surface area contributed by atoms with Gasteiger partial charge in [0.2, 0.25) is 5.91 Å². The molecule has 102 valence electrons. The van der Waals surface area contributed by atoms with Crippen LogP contribution >= 0.6 is 12.4 Å². The Hall–Kier alpha value is -0.280. The molecule has 1 fully saturated rings. The van der Waals surface area contributed by atoms with Crippen LogP contribution in [-0.4, -0.2) is 37.5 Å². The van der Waals surface area contributed by atoms with Crippen LogP contribution in [0.4, 0.5) is 0 Å². The minimum absolute atomic E-state index is 0. The molecule has 0 aromatic heterocycles. The van der Waals surface area contributed by atoms with Crippen LogP contribution in [0, 0.1) is 11.3 Å². The van der Waals surface area contributed by atoms with Crippen molar-refractivity contribution < 1.29 is 4.79 Å². The maximum atomic E-state index is 12.1. The van der Waals surface area contributed by atoms with Gasteiger partial charge < -0.3 is 10.2 Å². The molecule has 1 atom stereocenters. The monoisotopic (exact) mass is 262 g/mol. The predicted octanol–water partition coefficient (Wildman–Crippen LogP) is 2.30. The number of halogens is 1. The van der Waals surface area contributed by atoms with Crippen molar-refractivity contribution in [2.75, 3.05) is 26.7 Å². The van der Waals surface area contributed by atoms with Gasteiger partial charge in [-0.05, 0) is 31.7 Å². The molecule has 1 amide bonds. The molecule has 1 heterocycles. The smallest absolute Gasteiger partial charge is 0.226 e. The second-order valence-electron chi connectivity index (χ2n) is 5.18. The van der Waals surface area contributed by atoms with Crippen molar-refractivity contribution in [1.82, 2.24) is 10.2 Å². The first-order valence-corrected chi connectivity index (χ1v) is 6.52. The molecule has 1 aliphatic rings. The molecule has 0 aromatic carbocycles. The molecule has 4 heteroatoms. The van der Waals surface area contributed by atoms with Crippen LogP contribution in [-0.2, 0) is 4.79 Å². The first-order chi connectivity index (χ1) is 7.58. The number of carbonyl (C=O) groups is 1. The van der Waals surface area contributed by atoms with Crippen molar-refractivity contribution in [3.63, 3.8) is 0 Å². The largest absolute Gasteiger partial charge is 0.342 e. The van der Waals surface area contributed by atoms with Crippen LogP contribution in [0.5, 0.6) is 0 Å². The van der Waals surface area contributed by atoms with Crippen molar-refractivity contribution in [3.05, 3.63) is 0 Å². The topological polar surface area (TPSA) is 32.3 Å². The van der Waals surface area contributed by atoms with E-state index in [2.05, 4.69) is 24.1 Å². The van der Waals surface area contributed by atoms with Gasteiger partial charge >= 0.3 is 0 Å². The minimum atomic E-state index is 0. The highest BCUT2D eigenvalue weighted by Crippen LogP contribution is 2.37. The number of hydrogen-bond acceptors (Lipinski definition) is 2. The van der Waals surface area contributed by atoms with Gasteiger partial charge in [-0.3, -0.25) is 4.79 Å². The van der Waals surface area contributed by atoms with Crippen molar-refractivity contribution in [1.29, 1.82) is 0 Å². The SMILES string of the molecule is CCC1(CC)CCN(C(=O)C(C)CNC)C1.Cl. The summed E-state index contributed by atoms with van der Waals surface area (Å²) in [4.78, 5) is 14.2. The molecule has 3 nitrogen and oxygen atoms in total. The number of carbonyl (C=O) groups excluding carboxylic acids is 1. The molecule has 0 saturated carbocycles. The third kappa shape index (κ3) is 3.85. The lowest BCUT2D eigenvalue weighted by Crippen LogP contribution is -2.38. The molecule has 0 aliphatic carbocycles. The fraction of sp³-hybridized carbons (Fsp3) is 0.923. The van der Waals surface area contributed by atoms with E-state index in [-0.39, 0.29) is 18.3 Å². The van der Waals surface area contributed by atoms with E-state index >= 15 is 0 Å². The maximum Gasteiger partial charge on any atom is 0.226 e. The van der Waals surface area contributed by atoms with E-state index in [4.69, 9.17) is 0 Å². The second-order valence-corrected chi connectivity index (χ2v) is 5.18. The summed E-state index contributed by atoms with van der Waals surface area (Å²) < 4.78 is 0. The van der Waals surface area contributed by atoms with Gasteiger partial charge in [0, 0.05) is 25.6 Å². The number of nitrogens with one attached hydrogen (secondary N) is 1. The third-order valence-corrected chi connectivity index (χ3v) is 4.18. The first-order valence-electron chi connectivity index (χ1n) is 6.52. The van der Waals surface area contributed by atoms with Crippen LogP contribution in [0.25, 0.3) is 0 Å². The highest BCUT2D eigenvalue weighted by molar-refractivity contribution is 5.85. The molecule has 17 heavy (non-hydrogen) atoms. The van der Waals surface area contributed by atoms with Gasteiger partial charge in [0.15, 0.2) is 0 Å². The third-order valence-electron chi connectivity index (χ3n) is 4.18. The summed E-state index contributed by atoms with van der Waals surface area (Å²) in [6.07, 6.45) is 3.55. The van der Waals surface area contributed by atoms with E-state index in [9.17, 15) is 4.79 Å². The van der Waals surface area contributed by atoms with Crippen molar-refractivity contribution in [2.24, 2.45) is 11.3 Å². The Bertz CT molecular complexity index is 242. The Kier molecular flexibility index (Phi) is 7.10. The minimum Gasteiger partial charge on any atom is -0.342 e. The number of nitrogens with zero attached hydrogens (tertiary/aromatic N) is 1. The number of amides is 1. The molecular formula is C13H27ClN2O. The molecule has 1 rings (SSSR count). The van der Waals surface area contributed by atoms with Crippen LogP contribution < -0.4 is 5.32 Å². The van der Waals surface area contributed by atoms with E-state index in [1.807, 2.05) is 14.0 Å². The Morgan fingerprint density at radius 1 is 1.41 bits per heavy atom. The summed E-state index contributed by atoms with van der Waals surface area (Å²) in [6, 6.07) is 0. The highest BCUT2D eigenvalue weighted by Gasteiger charge is 2.37.